The molecule has 0 bridgehead atoms. The molecule has 0 radical (unpaired) electrons. The van der Waals surface area contributed by atoms with E-state index in [9.17, 15) is 0 Å². The molecule has 114 valence electrons. The highest BCUT2D eigenvalue weighted by Crippen LogP contribution is 2.20. The molecule has 2 unspecified atom stereocenters. The summed E-state index contributed by atoms with van der Waals surface area (Å²) in [5, 5.41) is 6.84. The molecule has 0 amide bonds. The normalized spacial score (nSPS) is 25.7. The van der Waals surface area contributed by atoms with Crippen molar-refractivity contribution in [3.05, 3.63) is 33.4 Å². The average Bonchev–Trinajstić information content (AvgIpc) is 3.08. The molecular formula is C16H23IN4. The SMILES string of the molecule is CC1CN=C(NCC2CCCN2Cc2ccc(I)cc2)N1. The van der Waals surface area contributed by atoms with Gasteiger partial charge in [-0.3, -0.25) is 9.89 Å². The molecular weight excluding hydrogens is 375 g/mol. The second-order valence-corrected chi connectivity index (χ2v) is 7.25. The Morgan fingerprint density at radius 3 is 2.90 bits per heavy atom. The number of nitrogens with one attached hydrogen (secondary N) is 2. The quantitative estimate of drug-likeness (QED) is 0.765. The first-order chi connectivity index (χ1) is 10.2. The molecule has 0 spiro atoms. The standard InChI is InChI=1S/C16H23IN4/c1-12-9-18-16(20-12)19-10-15-3-2-8-21(15)11-13-4-6-14(17)7-5-13/h4-7,12,15H,2-3,8-11H2,1H3,(H2,18,19,20). The lowest BCUT2D eigenvalue weighted by molar-refractivity contribution is 0.245. The van der Waals surface area contributed by atoms with Crippen molar-refractivity contribution < 1.29 is 0 Å². The Balaban J connectivity index is 1.52. The lowest BCUT2D eigenvalue weighted by Crippen LogP contribution is -2.44. The third-order valence-corrected chi connectivity index (χ3v) is 4.93. The minimum Gasteiger partial charge on any atom is -0.355 e. The van der Waals surface area contributed by atoms with Gasteiger partial charge in [-0.15, -0.1) is 0 Å². The zero-order valence-corrected chi connectivity index (χ0v) is 14.6. The van der Waals surface area contributed by atoms with Crippen molar-refractivity contribution in [2.45, 2.75) is 38.4 Å². The van der Waals surface area contributed by atoms with Gasteiger partial charge in [-0.25, -0.2) is 0 Å². The lowest BCUT2D eigenvalue weighted by Gasteiger charge is -2.25. The van der Waals surface area contributed by atoms with Crippen LogP contribution in [0.2, 0.25) is 0 Å². The van der Waals surface area contributed by atoms with E-state index in [0.29, 0.717) is 12.1 Å². The Morgan fingerprint density at radius 1 is 1.38 bits per heavy atom. The number of rotatable bonds is 4. The van der Waals surface area contributed by atoms with Gasteiger partial charge in [-0.1, -0.05) is 12.1 Å². The Bertz CT molecular complexity index is 500. The van der Waals surface area contributed by atoms with Crippen LogP contribution in [0.25, 0.3) is 0 Å². The number of likely N-dealkylation sites (tertiary alicyclic amines) is 1. The average molecular weight is 398 g/mol. The van der Waals surface area contributed by atoms with Crippen molar-refractivity contribution in [1.29, 1.82) is 0 Å². The zero-order valence-electron chi connectivity index (χ0n) is 12.5. The minimum atomic E-state index is 0.471. The number of hydrogen-bond acceptors (Lipinski definition) is 4. The zero-order chi connectivity index (χ0) is 14.7. The predicted octanol–water partition coefficient (Wildman–Crippen LogP) is 2.19. The van der Waals surface area contributed by atoms with Crippen LogP contribution < -0.4 is 10.6 Å². The molecule has 2 aliphatic rings. The number of nitrogens with zero attached hydrogens (tertiary/aromatic N) is 2. The third-order valence-electron chi connectivity index (χ3n) is 4.21. The monoisotopic (exact) mass is 398 g/mol. The largest absolute Gasteiger partial charge is 0.355 e. The molecule has 1 saturated heterocycles. The molecule has 1 aromatic rings. The summed E-state index contributed by atoms with van der Waals surface area (Å²) >= 11 is 2.36. The lowest BCUT2D eigenvalue weighted by atomic mass is 10.2. The van der Waals surface area contributed by atoms with Crippen molar-refractivity contribution in [3.63, 3.8) is 0 Å². The fourth-order valence-electron chi connectivity index (χ4n) is 3.03. The van der Waals surface area contributed by atoms with Crippen molar-refractivity contribution in [2.24, 2.45) is 4.99 Å². The second-order valence-electron chi connectivity index (χ2n) is 6.01. The molecule has 1 fully saturated rings. The Hall–Kier alpha value is -0.820. The van der Waals surface area contributed by atoms with Crippen LogP contribution in [0.1, 0.15) is 25.3 Å². The maximum atomic E-state index is 4.47. The van der Waals surface area contributed by atoms with Gasteiger partial charge in [0, 0.05) is 28.7 Å². The first-order valence-electron chi connectivity index (χ1n) is 7.74. The number of aliphatic imine (C=N–C) groups is 1. The molecule has 0 saturated carbocycles. The van der Waals surface area contributed by atoms with Gasteiger partial charge in [0.15, 0.2) is 5.96 Å². The van der Waals surface area contributed by atoms with Crippen LogP contribution in [0.4, 0.5) is 0 Å². The van der Waals surface area contributed by atoms with Gasteiger partial charge in [0.2, 0.25) is 0 Å². The van der Waals surface area contributed by atoms with Crippen LogP contribution in [0.15, 0.2) is 29.3 Å². The van der Waals surface area contributed by atoms with Gasteiger partial charge in [-0.2, -0.15) is 0 Å². The summed E-state index contributed by atoms with van der Waals surface area (Å²) in [6.07, 6.45) is 2.58. The highest BCUT2D eigenvalue weighted by molar-refractivity contribution is 14.1. The van der Waals surface area contributed by atoms with Gasteiger partial charge in [0.25, 0.3) is 0 Å². The van der Waals surface area contributed by atoms with E-state index < -0.39 is 0 Å². The molecule has 2 heterocycles. The van der Waals surface area contributed by atoms with Crippen LogP contribution in [0, 0.1) is 3.57 Å². The molecule has 2 N–H and O–H groups in total. The van der Waals surface area contributed by atoms with Crippen molar-refractivity contribution in [2.75, 3.05) is 19.6 Å². The van der Waals surface area contributed by atoms with E-state index in [4.69, 9.17) is 0 Å². The second kappa shape index (κ2) is 6.96. The smallest absolute Gasteiger partial charge is 0.191 e. The number of guanidine groups is 1. The Labute approximate surface area is 140 Å². The molecule has 2 aliphatic heterocycles. The third kappa shape index (κ3) is 4.10. The van der Waals surface area contributed by atoms with E-state index in [0.717, 1.165) is 25.6 Å². The van der Waals surface area contributed by atoms with Crippen molar-refractivity contribution in [3.8, 4) is 0 Å². The summed E-state index contributed by atoms with van der Waals surface area (Å²) < 4.78 is 1.30. The molecule has 5 heteroatoms. The first kappa shape index (κ1) is 15.1. The summed E-state index contributed by atoms with van der Waals surface area (Å²) in [6.45, 7) is 6.30. The predicted molar refractivity (Wildman–Crippen MR) is 95.5 cm³/mol. The van der Waals surface area contributed by atoms with Gasteiger partial charge in [-0.05, 0) is 66.6 Å². The Kier molecular flexibility index (Phi) is 5.00. The molecule has 0 aromatic heterocycles. The van der Waals surface area contributed by atoms with Crippen molar-refractivity contribution in [1.82, 2.24) is 15.5 Å². The number of hydrogen-bond donors (Lipinski definition) is 2. The molecule has 0 aliphatic carbocycles. The van der Waals surface area contributed by atoms with E-state index in [1.54, 1.807) is 0 Å². The van der Waals surface area contributed by atoms with Crippen LogP contribution in [0.3, 0.4) is 0 Å². The van der Waals surface area contributed by atoms with Gasteiger partial charge in [0.05, 0.1) is 6.54 Å². The van der Waals surface area contributed by atoms with Gasteiger partial charge >= 0.3 is 0 Å². The minimum absolute atomic E-state index is 0.471. The Morgan fingerprint density at radius 2 is 2.19 bits per heavy atom. The number of halogens is 1. The summed E-state index contributed by atoms with van der Waals surface area (Å²) in [5.74, 6) is 0.976. The maximum Gasteiger partial charge on any atom is 0.191 e. The summed E-state index contributed by atoms with van der Waals surface area (Å²) in [7, 11) is 0. The summed E-state index contributed by atoms with van der Waals surface area (Å²) in [4.78, 5) is 7.06. The highest BCUT2D eigenvalue weighted by Gasteiger charge is 2.25. The molecule has 2 atom stereocenters. The van der Waals surface area contributed by atoms with Crippen LogP contribution in [0.5, 0.6) is 0 Å². The fraction of sp³-hybridized carbons (Fsp3) is 0.562. The van der Waals surface area contributed by atoms with E-state index in [-0.39, 0.29) is 0 Å². The first-order valence-corrected chi connectivity index (χ1v) is 8.82. The maximum absolute atomic E-state index is 4.47. The van der Waals surface area contributed by atoms with E-state index >= 15 is 0 Å². The van der Waals surface area contributed by atoms with Gasteiger partial charge < -0.3 is 10.6 Å². The van der Waals surface area contributed by atoms with Gasteiger partial charge in [0.1, 0.15) is 0 Å². The van der Waals surface area contributed by atoms with Crippen LogP contribution in [-0.2, 0) is 6.54 Å². The summed E-state index contributed by atoms with van der Waals surface area (Å²) in [6, 6.07) is 9.96. The van der Waals surface area contributed by atoms with E-state index in [1.165, 1.54) is 28.5 Å². The summed E-state index contributed by atoms with van der Waals surface area (Å²) in [5.41, 5.74) is 1.41. The van der Waals surface area contributed by atoms with Crippen LogP contribution in [-0.4, -0.2) is 42.6 Å². The number of benzene rings is 1. The molecule has 1 aromatic carbocycles. The van der Waals surface area contributed by atoms with Crippen molar-refractivity contribution >= 4 is 28.6 Å². The fourth-order valence-corrected chi connectivity index (χ4v) is 3.39. The molecule has 3 rings (SSSR count). The van der Waals surface area contributed by atoms with Crippen LogP contribution >= 0.6 is 22.6 Å². The molecule has 4 nitrogen and oxygen atoms in total. The van der Waals surface area contributed by atoms with E-state index in [2.05, 4.69) is 74.3 Å². The topological polar surface area (TPSA) is 39.7 Å². The van der Waals surface area contributed by atoms with E-state index in [1.807, 2.05) is 0 Å². The molecule has 21 heavy (non-hydrogen) atoms. The highest BCUT2D eigenvalue weighted by atomic mass is 127.